The van der Waals surface area contributed by atoms with E-state index in [4.69, 9.17) is 4.74 Å². The number of amides is 1. The third-order valence-electron chi connectivity index (χ3n) is 4.65. The highest BCUT2D eigenvalue weighted by Gasteiger charge is 2.14. The van der Waals surface area contributed by atoms with E-state index < -0.39 is 0 Å². The summed E-state index contributed by atoms with van der Waals surface area (Å²) >= 11 is 0. The molecule has 0 aliphatic heterocycles. The van der Waals surface area contributed by atoms with Crippen LogP contribution in [0.25, 0.3) is 10.9 Å². The minimum Gasteiger partial charge on any atom is -0.496 e. The fourth-order valence-electron chi connectivity index (χ4n) is 3.15. The smallest absolute Gasteiger partial charge is 0.224 e. The number of hydrogen-bond acceptors (Lipinski definition) is 3. The number of rotatable bonds is 7. The number of hydrogen-bond donors (Lipinski definition) is 2. The number of benzene rings is 2. The Labute approximate surface area is 158 Å². The van der Waals surface area contributed by atoms with Gasteiger partial charge in [0.05, 0.1) is 20.1 Å². The monoisotopic (exact) mass is 364 g/mol. The van der Waals surface area contributed by atoms with Gasteiger partial charge >= 0.3 is 0 Å². The molecule has 5 nitrogen and oxygen atoms in total. The number of para-hydroxylation sites is 1. The van der Waals surface area contributed by atoms with Crippen molar-refractivity contribution >= 4 is 22.6 Å². The van der Waals surface area contributed by atoms with E-state index in [1.165, 1.54) is 0 Å². The molecule has 1 heterocycles. The van der Waals surface area contributed by atoms with Crippen LogP contribution in [0.5, 0.6) is 5.75 Å². The van der Waals surface area contributed by atoms with Crippen LogP contribution >= 0.6 is 0 Å². The molecule has 0 saturated carbocycles. The van der Waals surface area contributed by atoms with Crippen molar-refractivity contribution in [3.63, 3.8) is 0 Å². The first-order valence-corrected chi connectivity index (χ1v) is 9.02. The number of ketones is 1. The van der Waals surface area contributed by atoms with Crippen LogP contribution in [-0.4, -0.2) is 30.3 Å². The lowest BCUT2D eigenvalue weighted by atomic mass is 9.98. The van der Waals surface area contributed by atoms with Crippen molar-refractivity contribution in [1.29, 1.82) is 0 Å². The van der Waals surface area contributed by atoms with E-state index in [1.54, 1.807) is 19.2 Å². The largest absolute Gasteiger partial charge is 0.496 e. The number of fused-ring (bicyclic) bond motifs is 1. The molecule has 27 heavy (non-hydrogen) atoms. The topological polar surface area (TPSA) is 71.2 Å². The predicted molar refractivity (Wildman–Crippen MR) is 106 cm³/mol. The average molecular weight is 364 g/mol. The number of carbonyl (C=O) groups excluding carboxylic acids is 2. The molecule has 0 aliphatic carbocycles. The fourth-order valence-corrected chi connectivity index (χ4v) is 3.15. The molecule has 1 amide bonds. The zero-order valence-corrected chi connectivity index (χ0v) is 15.8. The first-order chi connectivity index (χ1) is 13.0. The molecule has 0 atom stereocenters. The van der Waals surface area contributed by atoms with Crippen LogP contribution in [0.15, 0.2) is 48.7 Å². The Hall–Kier alpha value is -3.08. The van der Waals surface area contributed by atoms with Crippen molar-refractivity contribution in [3.8, 4) is 5.75 Å². The second-order valence-corrected chi connectivity index (χ2v) is 6.85. The maximum absolute atomic E-state index is 12.5. The Balaban J connectivity index is 1.63. The number of H-pyrrole nitrogens is 1. The van der Waals surface area contributed by atoms with E-state index >= 15 is 0 Å². The Morgan fingerprint density at radius 3 is 2.67 bits per heavy atom. The van der Waals surface area contributed by atoms with E-state index in [9.17, 15) is 9.59 Å². The highest BCUT2D eigenvalue weighted by atomic mass is 16.5. The summed E-state index contributed by atoms with van der Waals surface area (Å²) in [6, 6.07) is 13.2. The normalized spacial score (nSPS) is 11.0. The zero-order valence-electron chi connectivity index (χ0n) is 15.8. The standard InChI is InChI=1S/C22H24N2O3/c1-14(2)18-10-15(8-9-21(18)27-3)20(25)13-24-22(26)11-16-12-23-19-7-5-4-6-17(16)19/h4-10,12,14,23H,11,13H2,1-3H3,(H,24,26). The van der Waals surface area contributed by atoms with Crippen LogP contribution in [0, 0.1) is 0 Å². The van der Waals surface area contributed by atoms with Crippen LogP contribution in [0.1, 0.15) is 41.3 Å². The van der Waals surface area contributed by atoms with E-state index in [1.807, 2.05) is 36.5 Å². The van der Waals surface area contributed by atoms with Gasteiger partial charge in [-0.15, -0.1) is 0 Å². The van der Waals surface area contributed by atoms with Crippen LogP contribution in [0.4, 0.5) is 0 Å². The summed E-state index contributed by atoms with van der Waals surface area (Å²) in [5.41, 5.74) is 3.47. The summed E-state index contributed by atoms with van der Waals surface area (Å²) in [6.07, 6.45) is 2.07. The summed E-state index contributed by atoms with van der Waals surface area (Å²) in [4.78, 5) is 27.9. The molecule has 0 unspecified atom stereocenters. The third kappa shape index (κ3) is 4.19. The van der Waals surface area contributed by atoms with Gasteiger partial charge in [0.2, 0.25) is 5.91 Å². The number of ether oxygens (including phenoxy) is 1. The van der Waals surface area contributed by atoms with Crippen LogP contribution < -0.4 is 10.1 Å². The van der Waals surface area contributed by atoms with Crippen molar-refractivity contribution in [1.82, 2.24) is 10.3 Å². The minimum absolute atomic E-state index is 0.0228. The molecule has 3 rings (SSSR count). The number of carbonyl (C=O) groups is 2. The molecule has 5 heteroatoms. The van der Waals surface area contributed by atoms with Gasteiger partial charge in [0.1, 0.15) is 5.75 Å². The van der Waals surface area contributed by atoms with Gasteiger partial charge in [-0.05, 0) is 41.3 Å². The molecule has 0 saturated heterocycles. The van der Waals surface area contributed by atoms with Gasteiger partial charge in [-0.25, -0.2) is 0 Å². The first-order valence-electron chi connectivity index (χ1n) is 9.02. The molecule has 3 aromatic rings. The van der Waals surface area contributed by atoms with Gasteiger partial charge in [-0.1, -0.05) is 32.0 Å². The van der Waals surface area contributed by atoms with Crippen molar-refractivity contribution in [2.24, 2.45) is 0 Å². The van der Waals surface area contributed by atoms with Crippen molar-refractivity contribution < 1.29 is 14.3 Å². The van der Waals surface area contributed by atoms with E-state index in [-0.39, 0.29) is 30.6 Å². The quantitative estimate of drug-likeness (QED) is 0.626. The van der Waals surface area contributed by atoms with Crippen molar-refractivity contribution in [2.45, 2.75) is 26.2 Å². The molecule has 0 radical (unpaired) electrons. The van der Waals surface area contributed by atoms with Gasteiger partial charge in [0.15, 0.2) is 5.78 Å². The Morgan fingerprint density at radius 2 is 1.93 bits per heavy atom. The fraction of sp³-hybridized carbons (Fsp3) is 0.273. The molecule has 2 aromatic carbocycles. The molecular formula is C22H24N2O3. The molecule has 2 N–H and O–H groups in total. The van der Waals surface area contributed by atoms with Gasteiger partial charge in [-0.2, -0.15) is 0 Å². The van der Waals surface area contributed by atoms with Gasteiger partial charge < -0.3 is 15.0 Å². The molecule has 0 aliphatic rings. The highest BCUT2D eigenvalue weighted by molar-refractivity contribution is 6.00. The Morgan fingerprint density at radius 1 is 1.15 bits per heavy atom. The average Bonchev–Trinajstić information content (AvgIpc) is 3.08. The lowest BCUT2D eigenvalue weighted by Gasteiger charge is -2.13. The molecule has 140 valence electrons. The Kier molecular flexibility index (Phi) is 5.60. The van der Waals surface area contributed by atoms with Gasteiger partial charge in [0, 0.05) is 22.7 Å². The zero-order chi connectivity index (χ0) is 19.4. The maximum Gasteiger partial charge on any atom is 0.224 e. The lowest BCUT2D eigenvalue weighted by Crippen LogP contribution is -2.30. The van der Waals surface area contributed by atoms with E-state index in [0.29, 0.717) is 5.56 Å². The number of nitrogens with one attached hydrogen (secondary N) is 2. The number of aromatic amines is 1. The predicted octanol–water partition coefficient (Wildman–Crippen LogP) is 3.84. The molecule has 1 aromatic heterocycles. The van der Waals surface area contributed by atoms with Crippen molar-refractivity contribution in [2.75, 3.05) is 13.7 Å². The molecule has 0 bridgehead atoms. The summed E-state index contributed by atoms with van der Waals surface area (Å²) in [6.45, 7) is 4.08. The summed E-state index contributed by atoms with van der Waals surface area (Å²) in [5.74, 6) is 0.714. The SMILES string of the molecule is COc1ccc(C(=O)CNC(=O)Cc2c[nH]c3ccccc23)cc1C(C)C. The lowest BCUT2D eigenvalue weighted by molar-refractivity contribution is -0.120. The summed E-state index contributed by atoms with van der Waals surface area (Å²) < 4.78 is 5.35. The summed E-state index contributed by atoms with van der Waals surface area (Å²) in [5, 5.41) is 3.75. The maximum atomic E-state index is 12.5. The molecule has 0 spiro atoms. The van der Waals surface area contributed by atoms with Crippen molar-refractivity contribution in [3.05, 3.63) is 65.4 Å². The number of Topliss-reactive ketones (excluding diaryl/α,β-unsaturated/α-hetero) is 1. The second-order valence-electron chi connectivity index (χ2n) is 6.85. The minimum atomic E-state index is -0.175. The van der Waals surface area contributed by atoms with E-state index in [2.05, 4.69) is 24.1 Å². The first kappa shape index (κ1) is 18.7. The summed E-state index contributed by atoms with van der Waals surface area (Å²) in [7, 11) is 1.62. The Bertz CT molecular complexity index is 973. The molecule has 0 fully saturated rings. The van der Waals surface area contributed by atoms with Gasteiger partial charge in [-0.3, -0.25) is 9.59 Å². The third-order valence-corrected chi connectivity index (χ3v) is 4.65. The number of aromatic nitrogens is 1. The number of methoxy groups -OCH3 is 1. The van der Waals surface area contributed by atoms with Crippen LogP contribution in [-0.2, 0) is 11.2 Å². The van der Waals surface area contributed by atoms with E-state index in [0.717, 1.165) is 27.8 Å². The molecular weight excluding hydrogens is 340 g/mol. The highest BCUT2D eigenvalue weighted by Crippen LogP contribution is 2.27. The van der Waals surface area contributed by atoms with Crippen LogP contribution in [0.3, 0.4) is 0 Å². The second kappa shape index (κ2) is 8.08. The van der Waals surface area contributed by atoms with Gasteiger partial charge in [0.25, 0.3) is 0 Å². The van der Waals surface area contributed by atoms with Crippen LogP contribution in [0.2, 0.25) is 0 Å².